The summed E-state index contributed by atoms with van der Waals surface area (Å²) in [6.45, 7) is 0. The molecule has 5 nitrogen and oxygen atoms in total. The molecule has 1 heterocycles. The Kier molecular flexibility index (Phi) is 3.85. The van der Waals surface area contributed by atoms with E-state index in [1.165, 1.54) is 13.2 Å². The molecule has 0 spiro atoms. The number of fused-ring (bicyclic) bond motifs is 1. The predicted octanol–water partition coefficient (Wildman–Crippen LogP) is 3.04. The molecule has 2 aromatic carbocycles. The molecule has 3 rings (SSSR count). The van der Waals surface area contributed by atoms with E-state index < -0.39 is 5.63 Å². The number of rotatable bonds is 4. The summed E-state index contributed by atoms with van der Waals surface area (Å²) >= 11 is 0. The van der Waals surface area contributed by atoms with Gasteiger partial charge in [-0.2, -0.15) is 0 Å². The van der Waals surface area contributed by atoms with E-state index in [9.17, 15) is 9.59 Å². The van der Waals surface area contributed by atoms with Gasteiger partial charge in [0.1, 0.15) is 17.1 Å². The molecule has 0 bridgehead atoms. The Morgan fingerprint density at radius 2 is 1.78 bits per heavy atom. The lowest BCUT2D eigenvalue weighted by atomic mass is 10.0. The van der Waals surface area contributed by atoms with Crippen molar-refractivity contribution in [1.82, 2.24) is 0 Å². The van der Waals surface area contributed by atoms with Crippen LogP contribution in [0, 0.1) is 0 Å². The zero-order valence-corrected chi connectivity index (χ0v) is 12.7. The summed E-state index contributed by atoms with van der Waals surface area (Å²) in [5.41, 5.74) is 0.934. The molecule has 0 fully saturated rings. The molecule has 0 N–H and O–H groups in total. The molecule has 0 amide bonds. The van der Waals surface area contributed by atoms with Gasteiger partial charge >= 0.3 is 5.63 Å². The second kappa shape index (κ2) is 5.96. The van der Waals surface area contributed by atoms with Gasteiger partial charge in [-0.1, -0.05) is 0 Å². The van der Waals surface area contributed by atoms with E-state index in [1.54, 1.807) is 49.6 Å². The molecule has 0 saturated heterocycles. The van der Waals surface area contributed by atoms with Crippen molar-refractivity contribution in [2.45, 2.75) is 0 Å². The standard InChI is InChI=1S/C18H14O5/c1-21-13-5-6-14(16(10-13)22-2)18(20)12-3-7-15-11(9-12)4-8-17(19)23-15/h3-10H,1-2H3. The van der Waals surface area contributed by atoms with Gasteiger partial charge in [0.25, 0.3) is 0 Å². The SMILES string of the molecule is COc1ccc(C(=O)c2ccc3oc(=O)ccc3c2)c(OC)c1. The monoisotopic (exact) mass is 310 g/mol. The van der Waals surface area contributed by atoms with Crippen molar-refractivity contribution in [1.29, 1.82) is 0 Å². The summed E-state index contributed by atoms with van der Waals surface area (Å²) in [6.07, 6.45) is 0. The van der Waals surface area contributed by atoms with Gasteiger partial charge < -0.3 is 13.9 Å². The first-order valence-electron chi connectivity index (χ1n) is 6.93. The average Bonchev–Trinajstić information content (AvgIpc) is 2.60. The Labute approximate surface area is 132 Å². The maximum Gasteiger partial charge on any atom is 0.336 e. The highest BCUT2D eigenvalue weighted by Crippen LogP contribution is 2.27. The summed E-state index contributed by atoms with van der Waals surface area (Å²) < 4.78 is 15.5. The third-order valence-corrected chi connectivity index (χ3v) is 3.53. The largest absolute Gasteiger partial charge is 0.497 e. The minimum absolute atomic E-state index is 0.183. The Bertz CT molecular complexity index is 940. The quantitative estimate of drug-likeness (QED) is 0.547. The van der Waals surface area contributed by atoms with Crippen LogP contribution in [0.4, 0.5) is 0 Å². The Balaban J connectivity index is 2.06. The smallest absolute Gasteiger partial charge is 0.336 e. The summed E-state index contributed by atoms with van der Waals surface area (Å²) in [5, 5.41) is 0.683. The van der Waals surface area contributed by atoms with Gasteiger partial charge in [0.05, 0.1) is 19.8 Å². The number of ketones is 1. The van der Waals surface area contributed by atoms with Gasteiger partial charge in [0.2, 0.25) is 0 Å². The van der Waals surface area contributed by atoms with Gasteiger partial charge in [-0.15, -0.1) is 0 Å². The zero-order chi connectivity index (χ0) is 16.4. The highest BCUT2D eigenvalue weighted by atomic mass is 16.5. The van der Waals surface area contributed by atoms with Gasteiger partial charge in [-0.3, -0.25) is 4.79 Å². The number of hydrogen-bond acceptors (Lipinski definition) is 5. The van der Waals surface area contributed by atoms with Crippen molar-refractivity contribution in [3.05, 3.63) is 70.1 Å². The average molecular weight is 310 g/mol. The predicted molar refractivity (Wildman–Crippen MR) is 85.5 cm³/mol. The van der Waals surface area contributed by atoms with Gasteiger partial charge in [0, 0.05) is 23.1 Å². The van der Waals surface area contributed by atoms with Gasteiger partial charge in [-0.05, 0) is 36.4 Å². The minimum Gasteiger partial charge on any atom is -0.497 e. The maximum atomic E-state index is 12.7. The first kappa shape index (κ1) is 14.8. The lowest BCUT2D eigenvalue weighted by Crippen LogP contribution is -2.04. The molecule has 1 aromatic heterocycles. The Morgan fingerprint density at radius 1 is 0.957 bits per heavy atom. The lowest BCUT2D eigenvalue weighted by molar-refractivity contribution is 0.103. The molecule has 0 atom stereocenters. The van der Waals surface area contributed by atoms with E-state index in [4.69, 9.17) is 13.9 Å². The molecular weight excluding hydrogens is 296 g/mol. The van der Waals surface area contributed by atoms with Crippen LogP contribution in [0.25, 0.3) is 11.0 Å². The second-order valence-electron chi connectivity index (χ2n) is 4.90. The molecule has 0 aliphatic heterocycles. The van der Waals surface area contributed by atoms with Crippen molar-refractivity contribution in [2.24, 2.45) is 0 Å². The van der Waals surface area contributed by atoms with Crippen molar-refractivity contribution >= 4 is 16.8 Å². The molecule has 0 aliphatic rings. The van der Waals surface area contributed by atoms with Crippen LogP contribution in [0.5, 0.6) is 11.5 Å². The first-order valence-corrected chi connectivity index (χ1v) is 6.93. The van der Waals surface area contributed by atoms with E-state index >= 15 is 0 Å². The third-order valence-electron chi connectivity index (χ3n) is 3.53. The lowest BCUT2D eigenvalue weighted by Gasteiger charge is -2.10. The zero-order valence-electron chi connectivity index (χ0n) is 12.7. The Morgan fingerprint density at radius 3 is 2.52 bits per heavy atom. The van der Waals surface area contributed by atoms with Crippen LogP contribution in [0.3, 0.4) is 0 Å². The van der Waals surface area contributed by atoms with Crippen LogP contribution in [-0.2, 0) is 0 Å². The molecule has 0 radical (unpaired) electrons. The van der Waals surface area contributed by atoms with Crippen LogP contribution in [0.1, 0.15) is 15.9 Å². The number of hydrogen-bond donors (Lipinski definition) is 0. The Hall–Kier alpha value is -3.08. The second-order valence-corrected chi connectivity index (χ2v) is 4.90. The summed E-state index contributed by atoms with van der Waals surface area (Å²) in [7, 11) is 3.05. The molecule has 0 aliphatic carbocycles. The number of carbonyl (C=O) groups is 1. The normalized spacial score (nSPS) is 10.5. The summed E-state index contributed by atoms with van der Waals surface area (Å²) in [5.74, 6) is 0.866. The fourth-order valence-corrected chi connectivity index (χ4v) is 2.35. The van der Waals surface area contributed by atoms with E-state index in [0.29, 0.717) is 33.6 Å². The summed E-state index contributed by atoms with van der Waals surface area (Å²) in [6, 6.07) is 12.9. The van der Waals surface area contributed by atoms with Crippen LogP contribution in [-0.4, -0.2) is 20.0 Å². The third kappa shape index (κ3) is 2.81. The van der Waals surface area contributed by atoms with Crippen LogP contribution in [0.15, 0.2) is 57.7 Å². The molecular formula is C18H14O5. The van der Waals surface area contributed by atoms with E-state index in [1.807, 2.05) is 0 Å². The van der Waals surface area contributed by atoms with Crippen LogP contribution < -0.4 is 15.1 Å². The number of ether oxygens (including phenoxy) is 2. The van der Waals surface area contributed by atoms with Crippen molar-refractivity contribution < 1.29 is 18.7 Å². The summed E-state index contributed by atoms with van der Waals surface area (Å²) in [4.78, 5) is 23.9. The molecule has 0 saturated carbocycles. The highest BCUT2D eigenvalue weighted by Gasteiger charge is 2.16. The molecule has 3 aromatic rings. The van der Waals surface area contributed by atoms with Crippen molar-refractivity contribution in [2.75, 3.05) is 14.2 Å². The molecule has 0 unspecified atom stereocenters. The minimum atomic E-state index is -0.423. The molecule has 5 heteroatoms. The maximum absolute atomic E-state index is 12.7. The molecule has 116 valence electrons. The fraction of sp³-hybridized carbons (Fsp3) is 0.111. The number of carbonyl (C=O) groups excluding carboxylic acids is 1. The number of methoxy groups -OCH3 is 2. The van der Waals surface area contributed by atoms with Crippen LogP contribution >= 0.6 is 0 Å². The highest BCUT2D eigenvalue weighted by molar-refractivity contribution is 6.12. The van der Waals surface area contributed by atoms with Crippen LogP contribution in [0.2, 0.25) is 0 Å². The van der Waals surface area contributed by atoms with Crippen molar-refractivity contribution in [3.8, 4) is 11.5 Å². The number of benzene rings is 2. The van der Waals surface area contributed by atoms with Crippen molar-refractivity contribution in [3.63, 3.8) is 0 Å². The van der Waals surface area contributed by atoms with E-state index in [2.05, 4.69) is 0 Å². The van der Waals surface area contributed by atoms with Gasteiger partial charge in [0.15, 0.2) is 5.78 Å². The first-order chi connectivity index (χ1) is 11.1. The van der Waals surface area contributed by atoms with E-state index in [-0.39, 0.29) is 5.78 Å². The fourth-order valence-electron chi connectivity index (χ4n) is 2.35. The van der Waals surface area contributed by atoms with Gasteiger partial charge in [-0.25, -0.2) is 4.79 Å². The molecule has 23 heavy (non-hydrogen) atoms. The van der Waals surface area contributed by atoms with E-state index in [0.717, 1.165) is 0 Å². The topological polar surface area (TPSA) is 65.7 Å².